The molecule has 1 aromatic heterocycles. The highest BCUT2D eigenvalue weighted by molar-refractivity contribution is 5.70. The summed E-state index contributed by atoms with van der Waals surface area (Å²) in [6, 6.07) is 1.15. The second-order valence-corrected chi connectivity index (χ2v) is 2.76. The Balaban J connectivity index is 3.01. The number of carboxylic acids is 1. The molecule has 0 saturated carbocycles. The molecule has 1 heterocycles. The molecule has 0 amide bonds. The number of aliphatic carboxylic acids is 1. The first-order valence-electron chi connectivity index (χ1n) is 4.11. The Morgan fingerprint density at radius 3 is 2.94 bits per heavy atom. The van der Waals surface area contributed by atoms with Crippen LogP contribution in [0.25, 0.3) is 0 Å². The van der Waals surface area contributed by atoms with E-state index in [0.717, 1.165) is 12.3 Å². The zero-order valence-corrected chi connectivity index (χ0v) is 8.01. The van der Waals surface area contributed by atoms with Crippen LogP contribution in [0.15, 0.2) is 12.3 Å². The van der Waals surface area contributed by atoms with Crippen LogP contribution in [0.1, 0.15) is 12.0 Å². The average Bonchev–Trinajstić information content (AvgIpc) is 2.20. The van der Waals surface area contributed by atoms with Crippen molar-refractivity contribution in [2.24, 2.45) is 0 Å². The van der Waals surface area contributed by atoms with Gasteiger partial charge in [0.05, 0.1) is 10.5 Å². The number of hydrogen-bond donors (Lipinski definition) is 2. The summed E-state index contributed by atoms with van der Waals surface area (Å²) in [5, 5.41) is 18.8. The molecule has 3 N–H and O–H groups in total. The van der Waals surface area contributed by atoms with Crippen molar-refractivity contribution in [2.45, 2.75) is 6.42 Å². The van der Waals surface area contributed by atoms with Crippen LogP contribution in [0, 0.1) is 22.0 Å². The highest BCUT2D eigenvalue weighted by Gasteiger charge is 2.08. The summed E-state index contributed by atoms with van der Waals surface area (Å²) in [4.78, 5) is 23.6. The molecule has 0 atom stereocenters. The number of pyridine rings is 1. The molecule has 82 valence electrons. The van der Waals surface area contributed by atoms with E-state index in [0.29, 0.717) is 0 Å². The lowest BCUT2D eigenvalue weighted by atomic mass is 10.2. The largest absolute Gasteiger partial charge is 0.481 e. The molecule has 0 bridgehead atoms. The summed E-state index contributed by atoms with van der Waals surface area (Å²) in [6.07, 6.45) is 0.653. The molecule has 0 aromatic carbocycles. The first-order chi connectivity index (χ1) is 7.50. The quantitative estimate of drug-likeness (QED) is 0.423. The highest BCUT2D eigenvalue weighted by atomic mass is 16.6. The minimum atomic E-state index is -1.08. The van der Waals surface area contributed by atoms with Gasteiger partial charge in [-0.3, -0.25) is 14.9 Å². The lowest BCUT2D eigenvalue weighted by molar-refractivity contribution is -0.385. The molecular weight excluding hydrogens is 214 g/mol. The van der Waals surface area contributed by atoms with Gasteiger partial charge < -0.3 is 10.8 Å². The van der Waals surface area contributed by atoms with Crippen LogP contribution in [0.3, 0.4) is 0 Å². The van der Waals surface area contributed by atoms with Gasteiger partial charge in [0.1, 0.15) is 18.4 Å². The van der Waals surface area contributed by atoms with Gasteiger partial charge in [0, 0.05) is 6.07 Å². The van der Waals surface area contributed by atoms with Gasteiger partial charge in [-0.15, -0.1) is 0 Å². The van der Waals surface area contributed by atoms with Crippen molar-refractivity contribution in [3.8, 4) is 11.8 Å². The molecule has 0 spiro atoms. The molecule has 0 aliphatic carbocycles. The van der Waals surface area contributed by atoms with Crippen LogP contribution in [0.5, 0.6) is 0 Å². The molecule has 16 heavy (non-hydrogen) atoms. The SMILES string of the molecule is Nc1ncc([N+](=O)[O-])cc1C#CCC(=O)O. The lowest BCUT2D eigenvalue weighted by Gasteiger charge is -1.96. The third-order valence-electron chi connectivity index (χ3n) is 1.58. The molecule has 7 heteroatoms. The zero-order chi connectivity index (χ0) is 12.1. The van der Waals surface area contributed by atoms with Crippen molar-refractivity contribution in [3.63, 3.8) is 0 Å². The Hall–Kier alpha value is -2.62. The molecule has 7 nitrogen and oxygen atoms in total. The third-order valence-corrected chi connectivity index (χ3v) is 1.58. The van der Waals surface area contributed by atoms with Crippen molar-refractivity contribution in [1.82, 2.24) is 4.98 Å². The van der Waals surface area contributed by atoms with E-state index in [1.807, 2.05) is 0 Å². The number of aromatic nitrogens is 1. The van der Waals surface area contributed by atoms with E-state index in [1.54, 1.807) is 0 Å². The molecule has 1 aromatic rings. The molecular formula is C9H7N3O4. The van der Waals surface area contributed by atoms with E-state index in [1.165, 1.54) is 0 Å². The fraction of sp³-hybridized carbons (Fsp3) is 0.111. The van der Waals surface area contributed by atoms with Gasteiger partial charge in [-0.1, -0.05) is 11.8 Å². The van der Waals surface area contributed by atoms with Gasteiger partial charge >= 0.3 is 5.97 Å². The average molecular weight is 221 g/mol. The maximum Gasteiger partial charge on any atom is 0.315 e. The van der Waals surface area contributed by atoms with Crippen molar-refractivity contribution in [3.05, 3.63) is 27.9 Å². The summed E-state index contributed by atoms with van der Waals surface area (Å²) in [7, 11) is 0. The normalized spacial score (nSPS) is 9.00. The molecule has 0 aliphatic heterocycles. The lowest BCUT2D eigenvalue weighted by Crippen LogP contribution is -1.97. The third kappa shape index (κ3) is 2.95. The number of carbonyl (C=O) groups is 1. The fourth-order valence-corrected chi connectivity index (χ4v) is 0.879. The summed E-state index contributed by atoms with van der Waals surface area (Å²) < 4.78 is 0. The Kier molecular flexibility index (Phi) is 3.40. The van der Waals surface area contributed by atoms with Crippen LogP contribution < -0.4 is 5.73 Å². The van der Waals surface area contributed by atoms with Crippen LogP contribution in [0.2, 0.25) is 0 Å². The highest BCUT2D eigenvalue weighted by Crippen LogP contribution is 2.15. The minimum Gasteiger partial charge on any atom is -0.481 e. The van der Waals surface area contributed by atoms with Crippen LogP contribution in [-0.4, -0.2) is 21.0 Å². The van der Waals surface area contributed by atoms with Crippen LogP contribution in [0.4, 0.5) is 11.5 Å². The predicted octanol–water partition coefficient (Wildman–Crippen LogP) is 0.398. The van der Waals surface area contributed by atoms with E-state index in [9.17, 15) is 14.9 Å². The Bertz CT molecular complexity index is 501. The number of hydrogen-bond acceptors (Lipinski definition) is 5. The van der Waals surface area contributed by atoms with Gasteiger partial charge in [0.15, 0.2) is 0 Å². The van der Waals surface area contributed by atoms with E-state index in [-0.39, 0.29) is 23.5 Å². The van der Waals surface area contributed by atoms with Crippen molar-refractivity contribution in [2.75, 3.05) is 5.73 Å². The minimum absolute atomic E-state index is 0.0310. The topological polar surface area (TPSA) is 119 Å². The Morgan fingerprint density at radius 1 is 1.69 bits per heavy atom. The smallest absolute Gasteiger partial charge is 0.315 e. The van der Waals surface area contributed by atoms with E-state index in [4.69, 9.17) is 10.8 Å². The summed E-state index contributed by atoms with van der Waals surface area (Å²) >= 11 is 0. The number of nitrogens with zero attached hydrogens (tertiary/aromatic N) is 2. The standard InChI is InChI=1S/C9H7N3O4/c10-9-6(2-1-3-8(13)14)4-7(5-11-9)12(15)16/h4-5H,3H2,(H2,10,11)(H,13,14). The van der Waals surface area contributed by atoms with E-state index < -0.39 is 10.9 Å². The van der Waals surface area contributed by atoms with Crippen LogP contribution >= 0.6 is 0 Å². The van der Waals surface area contributed by atoms with Crippen molar-refractivity contribution >= 4 is 17.5 Å². The van der Waals surface area contributed by atoms with Gasteiger partial charge in [0.2, 0.25) is 0 Å². The molecule has 0 aliphatic rings. The zero-order valence-electron chi connectivity index (χ0n) is 8.01. The van der Waals surface area contributed by atoms with E-state index in [2.05, 4.69) is 16.8 Å². The van der Waals surface area contributed by atoms with Gasteiger partial charge in [0.25, 0.3) is 5.69 Å². The first kappa shape index (κ1) is 11.5. The summed E-state index contributed by atoms with van der Waals surface area (Å²) in [5.41, 5.74) is 5.33. The Morgan fingerprint density at radius 2 is 2.38 bits per heavy atom. The molecule has 0 fully saturated rings. The second-order valence-electron chi connectivity index (χ2n) is 2.76. The van der Waals surface area contributed by atoms with Gasteiger partial charge in [-0.05, 0) is 0 Å². The molecule has 0 saturated heterocycles. The summed E-state index contributed by atoms with van der Waals surface area (Å²) in [6.45, 7) is 0. The van der Waals surface area contributed by atoms with E-state index >= 15 is 0 Å². The van der Waals surface area contributed by atoms with Gasteiger partial charge in [-0.2, -0.15) is 0 Å². The maximum absolute atomic E-state index is 10.4. The number of rotatable bonds is 2. The Labute approximate surface area is 90.1 Å². The summed E-state index contributed by atoms with van der Waals surface area (Å²) in [5.74, 6) is 3.68. The fourth-order valence-electron chi connectivity index (χ4n) is 0.879. The number of nitrogens with two attached hydrogens (primary N) is 1. The van der Waals surface area contributed by atoms with Crippen molar-refractivity contribution < 1.29 is 14.8 Å². The number of carboxylic acid groups (broad SMARTS) is 1. The number of nitro groups is 1. The second kappa shape index (κ2) is 4.75. The van der Waals surface area contributed by atoms with Crippen LogP contribution in [-0.2, 0) is 4.79 Å². The number of nitrogen functional groups attached to an aromatic ring is 1. The van der Waals surface area contributed by atoms with Gasteiger partial charge in [-0.25, -0.2) is 4.98 Å². The van der Waals surface area contributed by atoms with Crippen molar-refractivity contribution in [1.29, 1.82) is 0 Å². The maximum atomic E-state index is 10.4. The molecule has 0 unspecified atom stereocenters. The molecule has 0 radical (unpaired) electrons. The predicted molar refractivity (Wildman–Crippen MR) is 54.4 cm³/mol. The number of anilines is 1. The first-order valence-corrected chi connectivity index (χ1v) is 4.11. The monoisotopic (exact) mass is 221 g/mol. The molecule has 1 rings (SSSR count).